The molecule has 1 aliphatic rings. The summed E-state index contributed by atoms with van der Waals surface area (Å²) in [6.45, 7) is 0. The van der Waals surface area contributed by atoms with Crippen molar-refractivity contribution in [2.45, 2.75) is 38.5 Å². The van der Waals surface area contributed by atoms with Crippen LogP contribution < -0.4 is 48.0 Å². The zero-order valence-corrected chi connectivity index (χ0v) is 13.4. The monoisotopic (exact) mass is 518 g/mol. The van der Waals surface area contributed by atoms with Crippen LogP contribution in [0.3, 0.4) is 0 Å². The van der Waals surface area contributed by atoms with Crippen molar-refractivity contribution in [3.8, 4) is 0 Å². The molecule has 0 heterocycles. The quantitative estimate of drug-likeness (QED) is 0.230. The maximum Gasteiger partial charge on any atom is 0 e. The molecule has 0 spiro atoms. The first-order chi connectivity index (χ1) is 3.00. The maximum atomic E-state index is 1.50. The van der Waals surface area contributed by atoms with E-state index in [2.05, 4.69) is 0 Å². The Morgan fingerprint density at radius 2 is 0.556 bits per heavy atom. The average Bonchev–Trinajstić information content (AvgIpc) is 1.72. The van der Waals surface area contributed by atoms with Crippen LogP contribution in [0, 0.1) is 0 Å². The van der Waals surface area contributed by atoms with E-state index in [1.165, 1.54) is 38.5 Å². The van der Waals surface area contributed by atoms with Gasteiger partial charge < -0.3 is 48.0 Å². The van der Waals surface area contributed by atoms with Crippen molar-refractivity contribution < 1.29 is 73.8 Å². The van der Waals surface area contributed by atoms with E-state index in [0.717, 1.165) is 0 Å². The summed E-state index contributed by atoms with van der Waals surface area (Å²) in [5.74, 6) is 0. The minimum atomic E-state index is 0. The summed E-state index contributed by atoms with van der Waals surface area (Å²) in [6.07, 6.45) is 9.00. The third-order valence-electron chi connectivity index (χ3n) is 1.50. The molecule has 3 heteroatoms. The van der Waals surface area contributed by atoms with E-state index >= 15 is 0 Å². The molecule has 0 aliphatic heterocycles. The van der Waals surface area contributed by atoms with E-state index in [-0.39, 0.29) is 73.8 Å². The number of hydrogen-bond acceptors (Lipinski definition) is 0. The van der Waals surface area contributed by atoms with Gasteiger partial charge in [-0.2, -0.15) is 0 Å². The van der Waals surface area contributed by atoms with E-state index in [0.29, 0.717) is 0 Å². The fourth-order valence-corrected chi connectivity index (χ4v) is 1.06. The van der Waals surface area contributed by atoms with Crippen LogP contribution in [0.15, 0.2) is 0 Å². The summed E-state index contributed by atoms with van der Waals surface area (Å²) in [6, 6.07) is 0. The van der Waals surface area contributed by atoms with Gasteiger partial charge in [0, 0.05) is 25.8 Å². The fraction of sp³-hybridized carbons (Fsp3) is 1.00. The van der Waals surface area contributed by atoms with Crippen molar-refractivity contribution in [1.29, 1.82) is 0 Å². The maximum absolute atomic E-state index is 1.50. The zero-order chi connectivity index (χ0) is 4.24. The second-order valence-electron chi connectivity index (χ2n) is 2.12. The van der Waals surface area contributed by atoms with Crippen molar-refractivity contribution in [2.75, 3.05) is 0 Å². The van der Waals surface area contributed by atoms with E-state index in [4.69, 9.17) is 0 Å². The minimum absolute atomic E-state index is 0. The predicted octanol–water partition coefficient (Wildman–Crippen LogP) is -3.65. The Kier molecular flexibility index (Phi) is 25.1. The molecule has 0 aromatic rings. The smallest absolute Gasteiger partial charge is 0 e. The van der Waals surface area contributed by atoms with Gasteiger partial charge in [-0.3, -0.25) is 0 Å². The Labute approximate surface area is 111 Å². The molecule has 0 N–H and O–H groups in total. The Balaban J connectivity index is -0.000000120. The second kappa shape index (κ2) is 13.0. The van der Waals surface area contributed by atoms with Gasteiger partial charge in [0.05, 0.1) is 0 Å². The molecule has 0 nitrogen and oxygen atoms in total. The van der Waals surface area contributed by atoms with Crippen LogP contribution in [0.4, 0.5) is 0 Å². The summed E-state index contributed by atoms with van der Waals surface area (Å²) in [5.41, 5.74) is 0. The number of halogens is 2. The molecule has 56 valence electrons. The van der Waals surface area contributed by atoms with Gasteiger partial charge in [-0.1, -0.05) is 38.5 Å². The van der Waals surface area contributed by atoms with Crippen molar-refractivity contribution in [3.63, 3.8) is 0 Å². The van der Waals surface area contributed by atoms with Crippen LogP contribution in [-0.4, -0.2) is 0 Å². The molecule has 1 aliphatic carbocycles. The van der Waals surface area contributed by atoms with Crippen molar-refractivity contribution in [1.82, 2.24) is 0 Å². The molecule has 0 saturated heterocycles. The van der Waals surface area contributed by atoms with Gasteiger partial charge in [0.25, 0.3) is 0 Å². The Morgan fingerprint density at radius 1 is 0.444 bits per heavy atom. The predicted molar refractivity (Wildman–Crippen MR) is 27.7 cm³/mol. The van der Waals surface area contributed by atoms with Gasteiger partial charge >= 0.3 is 0 Å². The minimum Gasteiger partial charge on any atom is -1.00 e. The third kappa shape index (κ3) is 10.3. The van der Waals surface area contributed by atoms with E-state index in [1.807, 2.05) is 0 Å². The van der Waals surface area contributed by atoms with Crippen LogP contribution in [0.1, 0.15) is 38.5 Å². The second-order valence-corrected chi connectivity index (χ2v) is 2.12. The zero-order valence-electron chi connectivity index (χ0n) is 5.50. The van der Waals surface area contributed by atoms with Crippen LogP contribution in [0.5, 0.6) is 0 Å². The van der Waals surface area contributed by atoms with Crippen LogP contribution >= 0.6 is 0 Å². The standard InChI is InChI=1S/C6H12.Hf.2HI/c1-2-4-6-5-3-1;;;/h1-6H2;;2*1H/p-2. The fourth-order valence-electron chi connectivity index (χ4n) is 1.06. The SMILES string of the molecule is C1CCCCC1.[Hf].[I-].[I-]. The number of rotatable bonds is 0. The normalized spacial score (nSPS) is 16.0. The Hall–Kier alpha value is 2.33. The van der Waals surface area contributed by atoms with E-state index in [1.54, 1.807) is 0 Å². The molecular weight excluding hydrogens is 504 g/mol. The first kappa shape index (κ1) is 17.4. The summed E-state index contributed by atoms with van der Waals surface area (Å²) < 4.78 is 0. The number of hydrogen-bond donors (Lipinski definition) is 0. The molecule has 0 amide bonds. The van der Waals surface area contributed by atoms with Crippen molar-refractivity contribution in [2.24, 2.45) is 0 Å². The summed E-state index contributed by atoms with van der Waals surface area (Å²) in [5, 5.41) is 0. The van der Waals surface area contributed by atoms with Gasteiger partial charge in [0.1, 0.15) is 0 Å². The van der Waals surface area contributed by atoms with Gasteiger partial charge in [0.2, 0.25) is 0 Å². The molecule has 1 fully saturated rings. The molecule has 0 radical (unpaired) electrons. The summed E-state index contributed by atoms with van der Waals surface area (Å²) >= 11 is 0. The molecule has 0 aromatic carbocycles. The van der Waals surface area contributed by atoms with Crippen molar-refractivity contribution in [3.05, 3.63) is 0 Å². The first-order valence-electron chi connectivity index (χ1n) is 3.00. The third-order valence-corrected chi connectivity index (χ3v) is 1.50. The Morgan fingerprint density at radius 3 is 0.667 bits per heavy atom. The molecule has 1 rings (SSSR count). The van der Waals surface area contributed by atoms with E-state index in [9.17, 15) is 0 Å². The molecule has 0 aromatic heterocycles. The topological polar surface area (TPSA) is 0 Å². The van der Waals surface area contributed by atoms with Crippen LogP contribution in [-0.2, 0) is 25.8 Å². The molecule has 0 atom stereocenters. The van der Waals surface area contributed by atoms with Gasteiger partial charge in [-0.25, -0.2) is 0 Å². The molecule has 1 saturated carbocycles. The first-order valence-corrected chi connectivity index (χ1v) is 3.00. The largest absolute Gasteiger partial charge is 1.00 e. The molecule has 0 bridgehead atoms. The van der Waals surface area contributed by atoms with Crippen LogP contribution in [0.25, 0.3) is 0 Å². The van der Waals surface area contributed by atoms with Crippen LogP contribution in [0.2, 0.25) is 0 Å². The molecular formula is C6H12HfI2-2. The molecule has 9 heavy (non-hydrogen) atoms. The average molecular weight is 516 g/mol. The van der Waals surface area contributed by atoms with Crippen molar-refractivity contribution >= 4 is 0 Å². The van der Waals surface area contributed by atoms with Gasteiger partial charge in [-0.05, 0) is 0 Å². The van der Waals surface area contributed by atoms with Gasteiger partial charge in [-0.15, -0.1) is 0 Å². The molecule has 0 unspecified atom stereocenters. The Bertz CT molecular complexity index is 26.5. The summed E-state index contributed by atoms with van der Waals surface area (Å²) in [4.78, 5) is 0. The van der Waals surface area contributed by atoms with Gasteiger partial charge in [0.15, 0.2) is 0 Å². The summed E-state index contributed by atoms with van der Waals surface area (Å²) in [7, 11) is 0. The van der Waals surface area contributed by atoms with E-state index < -0.39 is 0 Å².